The number of aromatic nitrogens is 2. The Morgan fingerprint density at radius 2 is 1.65 bits per heavy atom. The maximum Gasteiger partial charge on any atom is 0.243 e. The molecule has 10 heteroatoms. The van der Waals surface area contributed by atoms with Crippen molar-refractivity contribution in [3.8, 4) is 28.6 Å². The summed E-state index contributed by atoms with van der Waals surface area (Å²) in [7, 11) is 0.823. The van der Waals surface area contributed by atoms with Crippen molar-refractivity contribution >= 4 is 10.0 Å². The molecule has 166 valence electrons. The molecule has 3 aromatic rings. The van der Waals surface area contributed by atoms with Gasteiger partial charge in [-0.1, -0.05) is 5.16 Å². The topological polar surface area (TPSA) is 104 Å². The number of ether oxygens (including phenoxy) is 3. The van der Waals surface area contributed by atoms with Crippen LogP contribution in [0.5, 0.6) is 17.2 Å². The molecule has 0 amide bonds. The number of nitrogens with zero attached hydrogens (tertiary/aromatic N) is 3. The first-order valence-electron chi connectivity index (χ1n) is 9.51. The van der Waals surface area contributed by atoms with Gasteiger partial charge in [0.25, 0.3) is 0 Å². The summed E-state index contributed by atoms with van der Waals surface area (Å²) >= 11 is 0. The molecule has 0 aliphatic carbocycles. The number of methoxy groups -OCH3 is 3. The number of benzene rings is 2. The highest BCUT2D eigenvalue weighted by Gasteiger charge is 2.29. The molecule has 0 saturated heterocycles. The van der Waals surface area contributed by atoms with Crippen LogP contribution in [0.3, 0.4) is 0 Å². The van der Waals surface area contributed by atoms with E-state index in [0.717, 1.165) is 0 Å². The lowest BCUT2D eigenvalue weighted by atomic mass is 10.2. The highest BCUT2D eigenvalue weighted by Crippen LogP contribution is 2.31. The Bertz CT molecular complexity index is 1130. The third kappa shape index (κ3) is 4.80. The second-order valence-corrected chi connectivity index (χ2v) is 8.79. The average Bonchev–Trinajstić information content (AvgIpc) is 3.25. The molecular formula is C21H25N3O6S. The molecule has 1 heterocycles. The smallest absolute Gasteiger partial charge is 0.243 e. The van der Waals surface area contributed by atoms with E-state index >= 15 is 0 Å². The average molecular weight is 448 g/mol. The van der Waals surface area contributed by atoms with E-state index in [4.69, 9.17) is 18.7 Å². The van der Waals surface area contributed by atoms with Gasteiger partial charge in [0.2, 0.25) is 21.7 Å². The van der Waals surface area contributed by atoms with Gasteiger partial charge in [-0.15, -0.1) is 0 Å². The monoisotopic (exact) mass is 447 g/mol. The van der Waals surface area contributed by atoms with Crippen LogP contribution in [0.2, 0.25) is 0 Å². The molecule has 0 fully saturated rings. The van der Waals surface area contributed by atoms with Crippen molar-refractivity contribution in [2.75, 3.05) is 21.3 Å². The molecule has 0 atom stereocenters. The molecule has 0 aliphatic heterocycles. The molecule has 1 aromatic heterocycles. The van der Waals surface area contributed by atoms with Gasteiger partial charge in [0, 0.05) is 11.6 Å². The number of hydrogen-bond donors (Lipinski definition) is 0. The quantitative estimate of drug-likeness (QED) is 0.492. The van der Waals surface area contributed by atoms with Gasteiger partial charge >= 0.3 is 0 Å². The molecule has 0 spiro atoms. The minimum Gasteiger partial charge on any atom is -0.497 e. The third-order valence-electron chi connectivity index (χ3n) is 4.64. The van der Waals surface area contributed by atoms with Crippen LogP contribution in [-0.4, -0.2) is 50.2 Å². The maximum absolute atomic E-state index is 13.2. The van der Waals surface area contributed by atoms with Gasteiger partial charge in [-0.25, -0.2) is 8.42 Å². The molecule has 0 saturated carbocycles. The molecule has 0 unspecified atom stereocenters. The number of sulfonamides is 1. The predicted octanol–water partition coefficient (Wildman–Crippen LogP) is 3.36. The standard InChI is InChI=1S/C21H25N3O6S/c1-14(2)24(31(25,26)17-9-7-16(27-3)8-10-17)13-20-22-21(23-30-20)15-6-11-18(28-4)19(12-15)29-5/h6-12,14H,13H2,1-5H3. The van der Waals surface area contributed by atoms with E-state index in [2.05, 4.69) is 10.1 Å². The minimum absolute atomic E-state index is 0.0632. The van der Waals surface area contributed by atoms with Crippen molar-refractivity contribution in [1.82, 2.24) is 14.4 Å². The zero-order valence-corrected chi connectivity index (χ0v) is 18.8. The Balaban J connectivity index is 1.87. The SMILES string of the molecule is COc1ccc(S(=O)(=O)N(Cc2nc(-c3ccc(OC)c(OC)c3)no2)C(C)C)cc1. The summed E-state index contributed by atoms with van der Waals surface area (Å²) in [4.78, 5) is 4.52. The third-order valence-corrected chi connectivity index (χ3v) is 6.68. The van der Waals surface area contributed by atoms with E-state index in [9.17, 15) is 8.42 Å². The Labute approximate surface area is 181 Å². The summed E-state index contributed by atoms with van der Waals surface area (Å²) in [5, 5.41) is 3.99. The molecule has 0 aliphatic rings. The second kappa shape index (κ2) is 9.36. The summed E-state index contributed by atoms with van der Waals surface area (Å²) < 4.78 is 48.6. The van der Waals surface area contributed by atoms with Crippen LogP contribution < -0.4 is 14.2 Å². The molecule has 0 N–H and O–H groups in total. The van der Waals surface area contributed by atoms with Crippen molar-refractivity contribution in [3.63, 3.8) is 0 Å². The van der Waals surface area contributed by atoms with Crippen LogP contribution in [0, 0.1) is 0 Å². The van der Waals surface area contributed by atoms with E-state index in [0.29, 0.717) is 28.6 Å². The van der Waals surface area contributed by atoms with Crippen molar-refractivity contribution in [2.24, 2.45) is 0 Å². The number of rotatable bonds is 9. The highest BCUT2D eigenvalue weighted by atomic mass is 32.2. The van der Waals surface area contributed by atoms with Crippen LogP contribution in [0.15, 0.2) is 51.9 Å². The summed E-state index contributed by atoms with van der Waals surface area (Å²) in [5.41, 5.74) is 0.654. The lowest BCUT2D eigenvalue weighted by Gasteiger charge is -2.24. The Kier molecular flexibility index (Phi) is 6.81. The number of hydrogen-bond acceptors (Lipinski definition) is 8. The zero-order valence-electron chi connectivity index (χ0n) is 18.0. The fourth-order valence-corrected chi connectivity index (χ4v) is 4.56. The normalized spacial score (nSPS) is 11.7. The van der Waals surface area contributed by atoms with Crippen LogP contribution in [0.25, 0.3) is 11.4 Å². The Morgan fingerprint density at radius 1 is 0.968 bits per heavy atom. The van der Waals surface area contributed by atoms with Gasteiger partial charge in [-0.05, 0) is 56.3 Å². The predicted molar refractivity (Wildman–Crippen MR) is 114 cm³/mol. The van der Waals surface area contributed by atoms with Gasteiger partial charge in [-0.2, -0.15) is 9.29 Å². The first kappa shape index (κ1) is 22.6. The van der Waals surface area contributed by atoms with E-state index in [1.165, 1.54) is 30.7 Å². The van der Waals surface area contributed by atoms with Crippen LogP contribution in [-0.2, 0) is 16.6 Å². The van der Waals surface area contributed by atoms with Crippen molar-refractivity contribution in [3.05, 3.63) is 48.4 Å². The summed E-state index contributed by atoms with van der Waals surface area (Å²) in [6.45, 7) is 3.51. The molecule has 0 radical (unpaired) electrons. The molecular weight excluding hydrogens is 422 g/mol. The molecule has 31 heavy (non-hydrogen) atoms. The van der Waals surface area contributed by atoms with Crippen LogP contribution in [0.1, 0.15) is 19.7 Å². The fourth-order valence-electron chi connectivity index (χ4n) is 2.97. The van der Waals surface area contributed by atoms with Crippen molar-refractivity contribution in [1.29, 1.82) is 0 Å². The highest BCUT2D eigenvalue weighted by molar-refractivity contribution is 7.89. The maximum atomic E-state index is 13.2. The molecule has 9 nitrogen and oxygen atoms in total. The Hall–Kier alpha value is -3.11. The first-order chi connectivity index (χ1) is 14.8. The van der Waals surface area contributed by atoms with E-state index in [-0.39, 0.29) is 23.4 Å². The fraction of sp³-hybridized carbons (Fsp3) is 0.333. The molecule has 0 bridgehead atoms. The van der Waals surface area contributed by atoms with Crippen molar-refractivity contribution in [2.45, 2.75) is 31.3 Å². The van der Waals surface area contributed by atoms with Crippen LogP contribution in [0.4, 0.5) is 0 Å². The molecule has 2 aromatic carbocycles. The second-order valence-electron chi connectivity index (χ2n) is 6.90. The van der Waals surface area contributed by atoms with Gasteiger partial charge in [0.05, 0.1) is 32.8 Å². The summed E-state index contributed by atoms with van der Waals surface area (Å²) in [5.74, 6) is 2.17. The molecule has 3 rings (SSSR count). The summed E-state index contributed by atoms with van der Waals surface area (Å²) in [6.07, 6.45) is 0. The van der Waals surface area contributed by atoms with Crippen LogP contribution >= 0.6 is 0 Å². The van der Waals surface area contributed by atoms with E-state index in [1.807, 2.05) is 0 Å². The van der Waals surface area contributed by atoms with Gasteiger partial charge in [-0.3, -0.25) is 0 Å². The summed E-state index contributed by atoms with van der Waals surface area (Å²) in [6, 6.07) is 11.1. The van der Waals surface area contributed by atoms with Gasteiger partial charge in [0.1, 0.15) is 5.75 Å². The van der Waals surface area contributed by atoms with Gasteiger partial charge in [0.15, 0.2) is 11.5 Å². The van der Waals surface area contributed by atoms with E-state index < -0.39 is 10.0 Å². The van der Waals surface area contributed by atoms with Gasteiger partial charge < -0.3 is 18.7 Å². The Morgan fingerprint density at radius 3 is 2.23 bits per heavy atom. The zero-order chi connectivity index (χ0) is 22.6. The lowest BCUT2D eigenvalue weighted by molar-refractivity contribution is 0.286. The van der Waals surface area contributed by atoms with E-state index in [1.54, 1.807) is 51.3 Å². The van der Waals surface area contributed by atoms with Crippen molar-refractivity contribution < 1.29 is 27.2 Å². The minimum atomic E-state index is -3.79. The largest absolute Gasteiger partial charge is 0.497 e. The lowest BCUT2D eigenvalue weighted by Crippen LogP contribution is -2.36. The first-order valence-corrected chi connectivity index (χ1v) is 10.9.